The molecule has 0 radical (unpaired) electrons. The predicted octanol–water partition coefficient (Wildman–Crippen LogP) is 2.32. The summed E-state index contributed by atoms with van der Waals surface area (Å²) in [4.78, 5) is 13.6. The molecule has 0 spiro atoms. The fraction of sp³-hybridized carbons (Fsp3) is 0.909. The van der Waals surface area contributed by atoms with Crippen LogP contribution in [0.1, 0.15) is 32.6 Å². The van der Waals surface area contributed by atoms with E-state index in [4.69, 9.17) is 0 Å². The Kier molecular flexibility index (Phi) is 5.91. The van der Waals surface area contributed by atoms with Gasteiger partial charge < -0.3 is 10.2 Å². The smallest absolute Gasteiger partial charge is 0.317 e. The minimum Gasteiger partial charge on any atom is -0.338 e. The van der Waals surface area contributed by atoms with Crippen LogP contribution in [-0.2, 0) is 0 Å². The lowest BCUT2D eigenvalue weighted by Crippen LogP contribution is -2.43. The van der Waals surface area contributed by atoms with Crippen LogP contribution in [0.15, 0.2) is 0 Å². The quantitative estimate of drug-likeness (QED) is 0.804. The summed E-state index contributed by atoms with van der Waals surface area (Å²) in [7, 11) is 0. The zero-order valence-electron chi connectivity index (χ0n) is 9.79. The Balaban J connectivity index is 2.12. The summed E-state index contributed by atoms with van der Waals surface area (Å²) in [6.07, 6.45) is 6.76. The summed E-state index contributed by atoms with van der Waals surface area (Å²) in [6.45, 7) is 4.86. The summed E-state index contributed by atoms with van der Waals surface area (Å²) in [5.74, 6) is 0. The van der Waals surface area contributed by atoms with Crippen LogP contribution in [0.25, 0.3) is 0 Å². The maximum atomic E-state index is 11.7. The molecule has 3 nitrogen and oxygen atoms in total. The number of piperidine rings is 1. The van der Waals surface area contributed by atoms with Crippen molar-refractivity contribution in [2.75, 3.05) is 25.9 Å². The Bertz CT molecular complexity index is 193. The average molecular weight is 230 g/mol. The van der Waals surface area contributed by atoms with E-state index in [0.29, 0.717) is 5.25 Å². The number of hydrogen-bond acceptors (Lipinski definition) is 2. The van der Waals surface area contributed by atoms with Crippen LogP contribution in [0.5, 0.6) is 0 Å². The number of amides is 2. The standard InChI is InChI=1S/C11H22N2OS/c1-10(15-2)6-7-12-11(14)13-8-4-3-5-9-13/h10H,3-9H2,1-2H3,(H,12,14). The molecule has 1 fully saturated rings. The highest BCUT2D eigenvalue weighted by atomic mass is 32.2. The highest BCUT2D eigenvalue weighted by Crippen LogP contribution is 2.10. The maximum Gasteiger partial charge on any atom is 0.317 e. The molecule has 1 aliphatic rings. The molecular formula is C11H22N2OS. The van der Waals surface area contributed by atoms with E-state index < -0.39 is 0 Å². The second-order valence-corrected chi connectivity index (χ2v) is 5.39. The van der Waals surface area contributed by atoms with Crippen LogP contribution < -0.4 is 5.32 Å². The van der Waals surface area contributed by atoms with Gasteiger partial charge in [0.05, 0.1) is 0 Å². The number of nitrogens with one attached hydrogen (secondary N) is 1. The van der Waals surface area contributed by atoms with Gasteiger partial charge in [-0.2, -0.15) is 11.8 Å². The number of thioether (sulfide) groups is 1. The Labute approximate surface area is 97.0 Å². The average Bonchev–Trinajstić information content (AvgIpc) is 2.29. The molecule has 15 heavy (non-hydrogen) atoms. The number of likely N-dealkylation sites (tertiary alicyclic amines) is 1. The first kappa shape index (κ1) is 12.7. The number of nitrogens with zero attached hydrogens (tertiary/aromatic N) is 1. The first-order valence-electron chi connectivity index (χ1n) is 5.79. The number of carbonyl (C=O) groups is 1. The molecular weight excluding hydrogens is 208 g/mol. The molecule has 1 heterocycles. The Morgan fingerprint density at radius 2 is 2.07 bits per heavy atom. The van der Waals surface area contributed by atoms with Crippen LogP contribution in [0, 0.1) is 0 Å². The van der Waals surface area contributed by atoms with Crippen LogP contribution in [0.3, 0.4) is 0 Å². The van der Waals surface area contributed by atoms with Gasteiger partial charge >= 0.3 is 6.03 Å². The lowest BCUT2D eigenvalue weighted by atomic mass is 10.1. The van der Waals surface area contributed by atoms with Crippen LogP contribution in [0.2, 0.25) is 0 Å². The minimum atomic E-state index is 0.128. The van der Waals surface area contributed by atoms with Gasteiger partial charge in [-0.05, 0) is 31.9 Å². The number of urea groups is 1. The Morgan fingerprint density at radius 1 is 1.40 bits per heavy atom. The lowest BCUT2D eigenvalue weighted by molar-refractivity contribution is 0.186. The van der Waals surface area contributed by atoms with E-state index in [9.17, 15) is 4.79 Å². The van der Waals surface area contributed by atoms with Crippen LogP contribution >= 0.6 is 11.8 Å². The predicted molar refractivity (Wildman–Crippen MR) is 66.4 cm³/mol. The molecule has 1 atom stereocenters. The van der Waals surface area contributed by atoms with Crippen molar-refractivity contribution in [1.29, 1.82) is 0 Å². The topological polar surface area (TPSA) is 32.3 Å². The first-order chi connectivity index (χ1) is 7.24. The van der Waals surface area contributed by atoms with Crippen molar-refractivity contribution in [1.82, 2.24) is 10.2 Å². The highest BCUT2D eigenvalue weighted by Gasteiger charge is 2.15. The zero-order chi connectivity index (χ0) is 11.1. The molecule has 1 saturated heterocycles. The third-order valence-electron chi connectivity index (χ3n) is 2.87. The Hall–Kier alpha value is -0.380. The van der Waals surface area contributed by atoms with Crippen molar-refractivity contribution in [2.24, 2.45) is 0 Å². The van der Waals surface area contributed by atoms with E-state index in [0.717, 1.165) is 38.9 Å². The highest BCUT2D eigenvalue weighted by molar-refractivity contribution is 7.99. The molecule has 4 heteroatoms. The van der Waals surface area contributed by atoms with Gasteiger partial charge in [0.25, 0.3) is 0 Å². The summed E-state index contributed by atoms with van der Waals surface area (Å²) >= 11 is 1.85. The summed E-state index contributed by atoms with van der Waals surface area (Å²) in [6, 6.07) is 0.128. The molecule has 1 rings (SSSR count). The van der Waals surface area contributed by atoms with Crippen molar-refractivity contribution in [3.8, 4) is 0 Å². The fourth-order valence-electron chi connectivity index (χ4n) is 1.71. The van der Waals surface area contributed by atoms with Crippen molar-refractivity contribution in [3.05, 3.63) is 0 Å². The maximum absolute atomic E-state index is 11.7. The van der Waals surface area contributed by atoms with E-state index in [1.54, 1.807) is 0 Å². The summed E-state index contributed by atoms with van der Waals surface area (Å²) in [5, 5.41) is 3.62. The first-order valence-corrected chi connectivity index (χ1v) is 7.08. The van der Waals surface area contributed by atoms with Gasteiger partial charge in [-0.25, -0.2) is 4.79 Å². The van der Waals surface area contributed by atoms with Gasteiger partial charge in [0.15, 0.2) is 0 Å². The molecule has 0 aromatic heterocycles. The molecule has 1 N–H and O–H groups in total. The van der Waals surface area contributed by atoms with E-state index >= 15 is 0 Å². The van der Waals surface area contributed by atoms with E-state index in [-0.39, 0.29) is 6.03 Å². The second-order valence-electron chi connectivity index (χ2n) is 4.11. The zero-order valence-corrected chi connectivity index (χ0v) is 10.6. The van der Waals surface area contributed by atoms with Crippen LogP contribution in [0.4, 0.5) is 4.79 Å². The summed E-state index contributed by atoms with van der Waals surface area (Å²) < 4.78 is 0. The molecule has 2 amide bonds. The minimum absolute atomic E-state index is 0.128. The van der Waals surface area contributed by atoms with Crippen molar-refractivity contribution in [3.63, 3.8) is 0 Å². The van der Waals surface area contributed by atoms with Gasteiger partial charge in [0.2, 0.25) is 0 Å². The SMILES string of the molecule is CSC(C)CCNC(=O)N1CCCCC1. The van der Waals surface area contributed by atoms with Gasteiger partial charge in [0.1, 0.15) is 0 Å². The summed E-state index contributed by atoms with van der Waals surface area (Å²) in [5.41, 5.74) is 0. The van der Waals surface area contributed by atoms with Crippen LogP contribution in [-0.4, -0.2) is 42.1 Å². The van der Waals surface area contributed by atoms with E-state index in [1.165, 1.54) is 6.42 Å². The number of rotatable bonds is 4. The Morgan fingerprint density at radius 3 is 2.67 bits per heavy atom. The molecule has 88 valence electrons. The van der Waals surface area contributed by atoms with E-state index in [1.807, 2.05) is 16.7 Å². The van der Waals surface area contributed by atoms with E-state index in [2.05, 4.69) is 18.5 Å². The molecule has 0 saturated carbocycles. The lowest BCUT2D eigenvalue weighted by Gasteiger charge is -2.27. The van der Waals surface area contributed by atoms with Gasteiger partial charge in [-0.1, -0.05) is 6.92 Å². The molecule has 1 unspecified atom stereocenters. The van der Waals surface area contributed by atoms with Gasteiger partial charge in [-0.15, -0.1) is 0 Å². The fourth-order valence-corrected chi connectivity index (χ4v) is 2.06. The third-order valence-corrected chi connectivity index (χ3v) is 3.91. The third kappa shape index (κ3) is 4.78. The molecule has 0 aromatic rings. The largest absolute Gasteiger partial charge is 0.338 e. The van der Waals surface area contributed by atoms with Crippen molar-refractivity contribution >= 4 is 17.8 Å². The normalized spacial score (nSPS) is 18.7. The van der Waals surface area contributed by atoms with Crippen molar-refractivity contribution < 1.29 is 4.79 Å². The second kappa shape index (κ2) is 6.99. The molecule has 0 aromatic carbocycles. The van der Waals surface area contributed by atoms with Crippen molar-refractivity contribution in [2.45, 2.75) is 37.9 Å². The van der Waals surface area contributed by atoms with Gasteiger partial charge in [0, 0.05) is 24.9 Å². The molecule has 0 aliphatic carbocycles. The molecule has 0 bridgehead atoms. The molecule has 1 aliphatic heterocycles. The number of hydrogen-bond donors (Lipinski definition) is 1. The number of carbonyl (C=O) groups excluding carboxylic acids is 1. The monoisotopic (exact) mass is 230 g/mol. The van der Waals surface area contributed by atoms with Gasteiger partial charge in [-0.3, -0.25) is 0 Å².